The quantitative estimate of drug-likeness (QED) is 0.157. The molecular weight excluding hydrogens is 428 g/mol. The van der Waals surface area contributed by atoms with E-state index in [1.54, 1.807) is 6.92 Å². The third-order valence-electron chi connectivity index (χ3n) is 3.90. The monoisotopic (exact) mass is 452 g/mol. The second-order valence-electron chi connectivity index (χ2n) is 6.75. The molecule has 0 aromatic carbocycles. The zero-order chi connectivity index (χ0) is 24.4. The summed E-state index contributed by atoms with van der Waals surface area (Å²) in [5, 5.41) is 54.8. The third-order valence-corrected chi connectivity index (χ3v) is 3.90. The molecule has 0 aromatic rings. The number of hydrogen-bond acceptors (Lipinski definition) is 10. The van der Waals surface area contributed by atoms with Gasteiger partial charge in [0.25, 0.3) is 0 Å². The minimum Gasteiger partial charge on any atom is -0.481 e. The van der Waals surface area contributed by atoms with E-state index in [0.29, 0.717) is 6.42 Å². The summed E-state index contributed by atoms with van der Waals surface area (Å²) in [4.78, 5) is 67.3. The van der Waals surface area contributed by atoms with Crippen LogP contribution in [0.1, 0.15) is 45.4 Å². The van der Waals surface area contributed by atoms with Gasteiger partial charge in [-0.25, -0.2) is 9.59 Å². The molecule has 0 aliphatic heterocycles. The lowest BCUT2D eigenvalue weighted by Crippen LogP contribution is -2.44. The highest BCUT2D eigenvalue weighted by Gasteiger charge is 2.43. The number of rotatable bonds is 15. The standard InChI is InChI=1S/C17H24O14/c1-2-3-9(31-13(23)7-17(29,15(26)27)5-11(20)21)8-30-12(22)6-16(28,14(24)25)4-10(18)19/h9,28-29H,2-8H2,1H3,(H,18,19)(H,20,21)(H,24,25)(H,26,27). The number of hydrogen-bond donors (Lipinski definition) is 6. The van der Waals surface area contributed by atoms with Crippen LogP contribution in [0.15, 0.2) is 0 Å². The second kappa shape index (κ2) is 11.8. The number of aliphatic carboxylic acids is 4. The number of esters is 2. The predicted molar refractivity (Wildman–Crippen MR) is 94.7 cm³/mol. The van der Waals surface area contributed by atoms with Crippen LogP contribution in [0.25, 0.3) is 0 Å². The summed E-state index contributed by atoms with van der Waals surface area (Å²) in [5.74, 6) is -9.89. The van der Waals surface area contributed by atoms with Crippen molar-refractivity contribution in [2.45, 2.75) is 62.8 Å². The maximum absolute atomic E-state index is 12.0. The molecule has 0 aliphatic carbocycles. The maximum Gasteiger partial charge on any atom is 0.336 e. The normalized spacial score (nSPS) is 15.6. The fraction of sp³-hybridized carbons (Fsp3) is 0.647. The van der Waals surface area contributed by atoms with Gasteiger partial charge in [0.15, 0.2) is 11.2 Å². The lowest BCUT2D eigenvalue weighted by atomic mass is 9.96. The lowest BCUT2D eigenvalue weighted by molar-refractivity contribution is -0.177. The highest BCUT2D eigenvalue weighted by atomic mass is 16.6. The largest absolute Gasteiger partial charge is 0.481 e. The van der Waals surface area contributed by atoms with Gasteiger partial charge in [-0.3, -0.25) is 19.2 Å². The van der Waals surface area contributed by atoms with Crippen molar-refractivity contribution >= 4 is 35.8 Å². The number of ether oxygens (including phenoxy) is 2. The number of carboxylic acids is 4. The molecule has 0 radical (unpaired) electrons. The van der Waals surface area contributed by atoms with Crippen molar-refractivity contribution in [1.82, 2.24) is 0 Å². The molecule has 3 atom stereocenters. The van der Waals surface area contributed by atoms with E-state index < -0.39 is 85.4 Å². The molecule has 0 rings (SSSR count). The first-order chi connectivity index (χ1) is 14.1. The first-order valence-electron chi connectivity index (χ1n) is 8.85. The Labute approximate surface area is 175 Å². The fourth-order valence-electron chi connectivity index (χ4n) is 2.37. The number of carboxylic acid groups (broad SMARTS) is 4. The van der Waals surface area contributed by atoms with Crippen molar-refractivity contribution in [3.8, 4) is 0 Å². The summed E-state index contributed by atoms with van der Waals surface area (Å²) >= 11 is 0. The van der Waals surface area contributed by atoms with Crippen LogP contribution < -0.4 is 0 Å². The van der Waals surface area contributed by atoms with Gasteiger partial charge in [0.05, 0.1) is 25.7 Å². The highest BCUT2D eigenvalue weighted by molar-refractivity contribution is 5.89. The van der Waals surface area contributed by atoms with E-state index in [-0.39, 0.29) is 6.42 Å². The molecule has 0 amide bonds. The van der Waals surface area contributed by atoms with Gasteiger partial charge in [0, 0.05) is 0 Å². The van der Waals surface area contributed by atoms with Gasteiger partial charge in [-0.1, -0.05) is 13.3 Å². The first-order valence-corrected chi connectivity index (χ1v) is 8.85. The Balaban J connectivity index is 5.03. The lowest BCUT2D eigenvalue weighted by Gasteiger charge is -2.24. The van der Waals surface area contributed by atoms with Gasteiger partial charge < -0.3 is 40.1 Å². The maximum atomic E-state index is 12.0. The summed E-state index contributed by atoms with van der Waals surface area (Å²) in [5.41, 5.74) is -5.85. The molecule has 6 N–H and O–H groups in total. The molecule has 0 heterocycles. The molecule has 176 valence electrons. The molecule has 31 heavy (non-hydrogen) atoms. The van der Waals surface area contributed by atoms with Crippen molar-refractivity contribution in [3.63, 3.8) is 0 Å². The van der Waals surface area contributed by atoms with Crippen LogP contribution in [0.2, 0.25) is 0 Å². The molecule has 14 nitrogen and oxygen atoms in total. The Hall–Kier alpha value is -3.26. The van der Waals surface area contributed by atoms with Gasteiger partial charge in [0.1, 0.15) is 12.7 Å². The Kier molecular flexibility index (Phi) is 10.6. The van der Waals surface area contributed by atoms with Crippen LogP contribution in [-0.4, -0.2) is 90.4 Å². The Morgan fingerprint density at radius 1 is 0.742 bits per heavy atom. The summed E-state index contributed by atoms with van der Waals surface area (Å²) < 4.78 is 9.63. The van der Waals surface area contributed by atoms with Crippen LogP contribution in [0.5, 0.6) is 0 Å². The Bertz CT molecular complexity index is 716. The molecule has 0 aliphatic rings. The molecule has 0 bridgehead atoms. The minimum atomic E-state index is -2.93. The van der Waals surface area contributed by atoms with E-state index in [1.165, 1.54) is 0 Å². The second-order valence-corrected chi connectivity index (χ2v) is 6.75. The van der Waals surface area contributed by atoms with E-state index in [4.69, 9.17) is 29.9 Å². The van der Waals surface area contributed by atoms with Crippen molar-refractivity contribution in [2.24, 2.45) is 0 Å². The van der Waals surface area contributed by atoms with Gasteiger partial charge in [-0.15, -0.1) is 0 Å². The van der Waals surface area contributed by atoms with E-state index in [0.717, 1.165) is 0 Å². The molecule has 0 aromatic heterocycles. The summed E-state index contributed by atoms with van der Waals surface area (Å²) in [6.45, 7) is 1.00. The topological polar surface area (TPSA) is 242 Å². The summed E-state index contributed by atoms with van der Waals surface area (Å²) in [7, 11) is 0. The van der Waals surface area contributed by atoms with Crippen LogP contribution in [0.4, 0.5) is 0 Å². The third kappa shape index (κ3) is 9.86. The van der Waals surface area contributed by atoms with Gasteiger partial charge in [-0.2, -0.15) is 0 Å². The van der Waals surface area contributed by atoms with Crippen molar-refractivity contribution in [1.29, 1.82) is 0 Å². The van der Waals surface area contributed by atoms with Gasteiger partial charge >= 0.3 is 35.8 Å². The number of aliphatic hydroxyl groups is 2. The molecule has 0 saturated heterocycles. The first kappa shape index (κ1) is 27.7. The molecule has 3 unspecified atom stereocenters. The van der Waals surface area contributed by atoms with Crippen LogP contribution >= 0.6 is 0 Å². The average molecular weight is 452 g/mol. The predicted octanol–water partition coefficient (Wildman–Crippen LogP) is -1.40. The van der Waals surface area contributed by atoms with E-state index in [2.05, 4.69) is 0 Å². The van der Waals surface area contributed by atoms with Crippen molar-refractivity contribution in [3.05, 3.63) is 0 Å². The zero-order valence-corrected chi connectivity index (χ0v) is 16.5. The van der Waals surface area contributed by atoms with E-state index in [9.17, 15) is 39.0 Å². The van der Waals surface area contributed by atoms with E-state index in [1.807, 2.05) is 0 Å². The van der Waals surface area contributed by atoms with Crippen molar-refractivity contribution in [2.75, 3.05) is 6.61 Å². The van der Waals surface area contributed by atoms with Gasteiger partial charge in [0.2, 0.25) is 0 Å². The van der Waals surface area contributed by atoms with Gasteiger partial charge in [-0.05, 0) is 6.42 Å². The summed E-state index contributed by atoms with van der Waals surface area (Å²) in [6.07, 6.45) is -5.67. The Morgan fingerprint density at radius 3 is 1.52 bits per heavy atom. The SMILES string of the molecule is CCCC(COC(=O)CC(O)(CC(=O)O)C(=O)O)OC(=O)CC(O)(CC(=O)O)C(=O)O. The van der Waals surface area contributed by atoms with Crippen molar-refractivity contribution < 1.29 is 68.9 Å². The minimum absolute atomic E-state index is 0.0851. The highest BCUT2D eigenvalue weighted by Crippen LogP contribution is 2.20. The zero-order valence-electron chi connectivity index (χ0n) is 16.5. The number of carbonyl (C=O) groups is 6. The Morgan fingerprint density at radius 2 is 1.16 bits per heavy atom. The van der Waals surface area contributed by atoms with Crippen LogP contribution in [-0.2, 0) is 38.2 Å². The summed E-state index contributed by atoms with van der Waals surface area (Å²) in [6, 6.07) is 0. The van der Waals surface area contributed by atoms with E-state index >= 15 is 0 Å². The molecule has 14 heteroatoms. The van der Waals surface area contributed by atoms with Crippen LogP contribution in [0, 0.1) is 0 Å². The molecule has 0 spiro atoms. The molecule has 0 saturated carbocycles. The molecule has 0 fully saturated rings. The fourth-order valence-corrected chi connectivity index (χ4v) is 2.37. The number of carbonyl (C=O) groups excluding carboxylic acids is 2. The average Bonchev–Trinajstić information content (AvgIpc) is 2.57. The van der Waals surface area contributed by atoms with Crippen LogP contribution in [0.3, 0.4) is 0 Å². The molecular formula is C17H24O14. The smallest absolute Gasteiger partial charge is 0.336 e.